The van der Waals surface area contributed by atoms with Crippen molar-refractivity contribution in [2.75, 3.05) is 4.90 Å². The molecule has 156 valence electrons. The van der Waals surface area contributed by atoms with Crippen LogP contribution in [0.25, 0.3) is 0 Å². The highest BCUT2D eigenvalue weighted by molar-refractivity contribution is 9.10. The Labute approximate surface area is 190 Å². The molecule has 4 rings (SSSR count). The molecule has 1 aromatic carbocycles. The molecule has 1 atom stereocenters. The van der Waals surface area contributed by atoms with Crippen molar-refractivity contribution in [3.63, 3.8) is 0 Å². The lowest BCUT2D eigenvalue weighted by atomic mass is 10.0. The van der Waals surface area contributed by atoms with E-state index in [1.807, 2.05) is 18.4 Å². The Morgan fingerprint density at radius 2 is 1.73 bits per heavy atom. The number of benzene rings is 1. The second-order valence-electron chi connectivity index (χ2n) is 7.39. The van der Waals surface area contributed by atoms with Crippen LogP contribution in [0.15, 0.2) is 45.8 Å². The summed E-state index contributed by atoms with van der Waals surface area (Å²) in [6.07, 6.45) is 0. The number of hydrogen-bond acceptors (Lipinski definition) is 2. The second-order valence-corrected chi connectivity index (χ2v) is 9.05. The molecule has 1 aliphatic heterocycles. The van der Waals surface area contributed by atoms with Gasteiger partial charge in [0.2, 0.25) is 5.95 Å². The molecule has 3 aromatic rings. The van der Waals surface area contributed by atoms with Crippen molar-refractivity contribution < 1.29 is 9.18 Å². The van der Waals surface area contributed by atoms with E-state index in [4.69, 9.17) is 23.2 Å². The number of rotatable bonds is 3. The number of hydrogen-bond donors (Lipinski definition) is 0. The fourth-order valence-electron chi connectivity index (χ4n) is 3.88. The van der Waals surface area contributed by atoms with Gasteiger partial charge in [-0.05, 0) is 59.6 Å². The van der Waals surface area contributed by atoms with Crippen molar-refractivity contribution in [3.8, 4) is 0 Å². The third kappa shape index (κ3) is 3.11. The molecule has 0 radical (unpaired) electrons. The van der Waals surface area contributed by atoms with E-state index >= 15 is 4.39 Å². The highest BCUT2D eigenvalue weighted by Gasteiger charge is 2.44. The molecule has 0 saturated heterocycles. The molecule has 30 heavy (non-hydrogen) atoms. The van der Waals surface area contributed by atoms with Gasteiger partial charge in [-0.15, -0.1) is 0 Å². The van der Waals surface area contributed by atoms with Gasteiger partial charge in [0.1, 0.15) is 16.8 Å². The first-order chi connectivity index (χ1) is 14.1. The number of halogens is 4. The highest BCUT2D eigenvalue weighted by atomic mass is 79.9. The van der Waals surface area contributed by atoms with Crippen LogP contribution in [-0.4, -0.2) is 15.0 Å². The van der Waals surface area contributed by atoms with E-state index in [-0.39, 0.29) is 22.7 Å². The van der Waals surface area contributed by atoms with Crippen LogP contribution < -0.4 is 10.5 Å². The smallest absolute Gasteiger partial charge is 0.271 e. The molecule has 0 fully saturated rings. The van der Waals surface area contributed by atoms with Crippen LogP contribution in [0.2, 0.25) is 10.0 Å². The first kappa shape index (κ1) is 21.2. The molecule has 1 amide bonds. The Balaban J connectivity index is 2.03. The molecule has 0 spiro atoms. The van der Waals surface area contributed by atoms with Crippen molar-refractivity contribution in [1.82, 2.24) is 9.13 Å². The van der Waals surface area contributed by atoms with Gasteiger partial charge in [-0.1, -0.05) is 35.3 Å². The lowest BCUT2D eigenvalue weighted by molar-refractivity contribution is 0.0992. The number of fused-ring (bicyclic) bond motifs is 1. The van der Waals surface area contributed by atoms with Crippen LogP contribution in [0.4, 0.5) is 10.1 Å². The number of carbonyl (C=O) groups excluding carboxylic acids is 1. The lowest BCUT2D eigenvalue weighted by Gasteiger charge is -2.29. The van der Waals surface area contributed by atoms with E-state index in [1.54, 1.807) is 30.3 Å². The molecule has 3 heterocycles. The van der Waals surface area contributed by atoms with Gasteiger partial charge in [0.25, 0.3) is 11.5 Å². The van der Waals surface area contributed by atoms with Crippen molar-refractivity contribution in [3.05, 3.63) is 84.2 Å². The Hall–Kier alpha value is -2.09. The van der Waals surface area contributed by atoms with E-state index < -0.39 is 17.5 Å². The SMILES string of the molecule is CC(C)n1c(Br)cc2c1C(c1ccc(Cl)cc1)N(c1cc(Cl)c(=O)n(C)c1F)C2=O. The number of anilines is 1. The Morgan fingerprint density at radius 1 is 1.10 bits per heavy atom. The maximum absolute atomic E-state index is 15.2. The molecule has 0 saturated carbocycles. The lowest BCUT2D eigenvalue weighted by Crippen LogP contribution is -2.33. The Kier molecular flexibility index (Phi) is 5.33. The van der Waals surface area contributed by atoms with E-state index in [9.17, 15) is 9.59 Å². The Morgan fingerprint density at radius 3 is 2.33 bits per heavy atom. The van der Waals surface area contributed by atoms with E-state index in [0.717, 1.165) is 20.4 Å². The standard InChI is InChI=1S/C21H17BrCl2FN3O2/c1-10(2)27-16(22)8-13-18(27)17(11-4-6-12(23)7-5-11)28(20(13)29)15-9-14(24)21(30)26(3)19(15)25/h4-10,17H,1-3H3. The summed E-state index contributed by atoms with van der Waals surface area (Å²) in [5, 5.41) is 0.382. The first-order valence-electron chi connectivity index (χ1n) is 9.18. The zero-order valence-corrected chi connectivity index (χ0v) is 19.4. The van der Waals surface area contributed by atoms with Gasteiger partial charge in [-0.25, -0.2) is 0 Å². The maximum atomic E-state index is 15.2. The molecule has 2 aromatic heterocycles. The minimum absolute atomic E-state index is 0.0410. The van der Waals surface area contributed by atoms with E-state index in [2.05, 4.69) is 15.9 Å². The van der Waals surface area contributed by atoms with Crippen LogP contribution in [0.1, 0.15) is 47.5 Å². The highest BCUT2D eigenvalue weighted by Crippen LogP contribution is 2.46. The minimum atomic E-state index is -0.836. The van der Waals surface area contributed by atoms with Gasteiger partial charge in [-0.2, -0.15) is 4.39 Å². The predicted octanol–water partition coefficient (Wildman–Crippen LogP) is 5.73. The van der Waals surface area contributed by atoms with Crippen molar-refractivity contribution >= 4 is 50.7 Å². The van der Waals surface area contributed by atoms with Crippen molar-refractivity contribution in [2.24, 2.45) is 7.05 Å². The predicted molar refractivity (Wildman–Crippen MR) is 119 cm³/mol. The number of pyridine rings is 1. The summed E-state index contributed by atoms with van der Waals surface area (Å²) in [5.74, 6) is -1.21. The molecule has 1 unspecified atom stereocenters. The molecule has 0 aliphatic carbocycles. The average Bonchev–Trinajstić information content (AvgIpc) is 3.17. The van der Waals surface area contributed by atoms with Gasteiger partial charge in [0.15, 0.2) is 0 Å². The van der Waals surface area contributed by atoms with Crippen molar-refractivity contribution in [1.29, 1.82) is 0 Å². The third-order valence-electron chi connectivity index (χ3n) is 5.24. The van der Waals surface area contributed by atoms with Crippen LogP contribution in [0.5, 0.6) is 0 Å². The first-order valence-corrected chi connectivity index (χ1v) is 10.7. The Bertz CT molecular complexity index is 1230. The number of aromatic nitrogens is 2. The van der Waals surface area contributed by atoms with Crippen LogP contribution in [0.3, 0.4) is 0 Å². The summed E-state index contributed by atoms with van der Waals surface area (Å²) in [7, 11) is 1.28. The number of carbonyl (C=O) groups is 1. The largest absolute Gasteiger partial charge is 0.334 e. The van der Waals surface area contributed by atoms with E-state index in [0.29, 0.717) is 10.6 Å². The normalized spacial score (nSPS) is 15.9. The van der Waals surface area contributed by atoms with Crippen LogP contribution in [0, 0.1) is 5.95 Å². The van der Waals surface area contributed by atoms with Crippen molar-refractivity contribution in [2.45, 2.75) is 25.9 Å². The quantitative estimate of drug-likeness (QED) is 0.421. The number of nitrogens with zero attached hydrogens (tertiary/aromatic N) is 3. The summed E-state index contributed by atoms with van der Waals surface area (Å²) in [5.41, 5.74) is 1.21. The molecule has 0 N–H and O–H groups in total. The van der Waals surface area contributed by atoms with Gasteiger partial charge in [0.05, 0.1) is 15.9 Å². The average molecular weight is 513 g/mol. The van der Waals surface area contributed by atoms with Crippen LogP contribution >= 0.6 is 39.1 Å². The van der Waals surface area contributed by atoms with Crippen LogP contribution in [-0.2, 0) is 7.05 Å². The summed E-state index contributed by atoms with van der Waals surface area (Å²) in [4.78, 5) is 26.9. The molecule has 0 bridgehead atoms. The third-order valence-corrected chi connectivity index (χ3v) is 6.37. The maximum Gasteiger partial charge on any atom is 0.271 e. The zero-order valence-electron chi connectivity index (χ0n) is 16.3. The molecular weight excluding hydrogens is 496 g/mol. The van der Waals surface area contributed by atoms with Gasteiger partial charge >= 0.3 is 0 Å². The second kappa shape index (κ2) is 7.55. The topological polar surface area (TPSA) is 47.2 Å². The van der Waals surface area contributed by atoms with Gasteiger partial charge in [0, 0.05) is 18.1 Å². The monoisotopic (exact) mass is 511 g/mol. The summed E-state index contributed by atoms with van der Waals surface area (Å²) in [6.45, 7) is 4.00. The molecule has 9 heteroatoms. The summed E-state index contributed by atoms with van der Waals surface area (Å²) < 4.78 is 18.7. The molecule has 1 aliphatic rings. The van der Waals surface area contributed by atoms with Gasteiger partial charge in [-0.3, -0.25) is 19.1 Å². The fraction of sp³-hybridized carbons (Fsp3) is 0.238. The summed E-state index contributed by atoms with van der Waals surface area (Å²) in [6, 6.07) is 9.41. The van der Waals surface area contributed by atoms with E-state index in [1.165, 1.54) is 18.0 Å². The zero-order chi connectivity index (χ0) is 21.9. The minimum Gasteiger partial charge on any atom is -0.334 e. The number of amides is 1. The molecular formula is C21H17BrCl2FN3O2. The van der Waals surface area contributed by atoms with Gasteiger partial charge < -0.3 is 4.57 Å². The fourth-order valence-corrected chi connectivity index (χ4v) is 5.07. The molecule has 5 nitrogen and oxygen atoms in total. The summed E-state index contributed by atoms with van der Waals surface area (Å²) >= 11 is 15.7.